The summed E-state index contributed by atoms with van der Waals surface area (Å²) >= 11 is 22.2. The Kier molecular flexibility index (Phi) is 15.8. The van der Waals surface area contributed by atoms with E-state index in [4.69, 9.17) is 80.9 Å². The van der Waals surface area contributed by atoms with Crippen molar-refractivity contribution in [3.63, 3.8) is 0 Å². The highest BCUT2D eigenvalue weighted by Crippen LogP contribution is 2.29. The third-order valence-electron chi connectivity index (χ3n) is 6.06. The average molecular weight is 740 g/mol. The first-order valence-electron chi connectivity index (χ1n) is 13.8. The van der Waals surface area contributed by atoms with Crippen LogP contribution in [0.4, 0.5) is 17.1 Å². The fraction of sp³-hybridized carbons (Fsp3) is 0.444. The molecule has 0 radical (unpaired) electrons. The molecule has 3 saturated heterocycles. The van der Waals surface area contributed by atoms with Crippen molar-refractivity contribution in [1.29, 1.82) is 0 Å². The first-order valence-corrected chi connectivity index (χ1v) is 15.3. The lowest BCUT2D eigenvalue weighted by Crippen LogP contribution is -2.17. The smallest absolute Gasteiger partial charge is 0.332 e. The van der Waals surface area contributed by atoms with Crippen LogP contribution in [-0.4, -0.2) is 87.9 Å². The Hall–Kier alpha value is -3.35. The molecule has 3 atom stereocenters. The lowest BCUT2D eigenvalue weighted by atomic mass is 10.3. The quantitative estimate of drug-likeness (QED) is 0.185. The summed E-state index contributed by atoms with van der Waals surface area (Å²) in [5.41, 5.74) is 5.65. The van der Waals surface area contributed by atoms with E-state index in [2.05, 4.69) is 15.0 Å². The first-order chi connectivity index (χ1) is 22.4. The van der Waals surface area contributed by atoms with Gasteiger partial charge in [0.15, 0.2) is 0 Å². The first kappa shape index (κ1) is 38.1. The van der Waals surface area contributed by atoms with Gasteiger partial charge in [0.1, 0.15) is 12.2 Å². The number of nitro groups is 2. The van der Waals surface area contributed by atoms with Gasteiger partial charge in [-0.2, -0.15) is 0 Å². The summed E-state index contributed by atoms with van der Waals surface area (Å²) in [6, 6.07) is 4.00. The largest absolute Gasteiger partial charge is 0.470 e. The molecular formula is C27H30Cl4N6O10. The van der Waals surface area contributed by atoms with Crippen molar-refractivity contribution in [2.45, 2.75) is 37.6 Å². The van der Waals surface area contributed by atoms with E-state index in [-0.39, 0.29) is 50.8 Å². The second-order valence-corrected chi connectivity index (χ2v) is 11.4. The molecule has 3 N–H and O–H groups in total. The van der Waals surface area contributed by atoms with Gasteiger partial charge in [0.25, 0.3) is 5.88 Å². The summed E-state index contributed by atoms with van der Waals surface area (Å²) in [4.78, 5) is 31.0. The molecule has 0 amide bonds. The Morgan fingerprint density at radius 3 is 1.62 bits per heavy atom. The number of rotatable bonds is 6. The van der Waals surface area contributed by atoms with E-state index < -0.39 is 9.85 Å². The Morgan fingerprint density at radius 2 is 1.19 bits per heavy atom. The molecule has 3 aliphatic heterocycles. The van der Waals surface area contributed by atoms with Gasteiger partial charge in [0.05, 0.1) is 75.9 Å². The zero-order chi connectivity index (χ0) is 34.3. The van der Waals surface area contributed by atoms with Crippen LogP contribution in [0.25, 0.3) is 0 Å². The van der Waals surface area contributed by atoms with Gasteiger partial charge in [-0.05, 0) is 12.5 Å². The monoisotopic (exact) mass is 738 g/mol. The number of ether oxygens (including phenoxy) is 5. The van der Waals surface area contributed by atoms with Gasteiger partial charge in [-0.1, -0.05) is 46.4 Å². The highest BCUT2D eigenvalue weighted by Gasteiger charge is 2.24. The SMILES string of the molecule is Nc1cc(Cl)cnc1O[C@@H]1CCOC1.O=[N+]([O-])c1cc(Cl)cnc1Cl.O=[N+]([O-])c1cc(Cl)cnc1O[C@@H]1CCOC1.O[C@@H]1CCOC1. The van der Waals surface area contributed by atoms with Gasteiger partial charge in [-0.15, -0.1) is 0 Å². The summed E-state index contributed by atoms with van der Waals surface area (Å²) in [7, 11) is 0. The molecule has 0 saturated carbocycles. The molecule has 0 bridgehead atoms. The third-order valence-corrected chi connectivity index (χ3v) is 6.97. The zero-order valence-corrected chi connectivity index (χ0v) is 27.5. The van der Waals surface area contributed by atoms with Crippen LogP contribution in [0.5, 0.6) is 11.8 Å². The Balaban J connectivity index is 0.000000178. The van der Waals surface area contributed by atoms with E-state index in [1.54, 1.807) is 6.07 Å². The molecule has 47 heavy (non-hydrogen) atoms. The second-order valence-electron chi connectivity index (χ2n) is 9.73. The van der Waals surface area contributed by atoms with E-state index >= 15 is 0 Å². The minimum Gasteiger partial charge on any atom is -0.470 e. The maximum Gasteiger partial charge on any atom is 0.332 e. The number of aliphatic hydroxyl groups excluding tert-OH is 1. The van der Waals surface area contributed by atoms with Crippen molar-refractivity contribution in [2.75, 3.05) is 45.4 Å². The van der Waals surface area contributed by atoms with Crippen molar-refractivity contribution in [3.05, 3.63) is 77.2 Å². The predicted octanol–water partition coefficient (Wildman–Crippen LogP) is 5.36. The molecule has 3 aromatic heterocycles. The van der Waals surface area contributed by atoms with Crippen LogP contribution in [0.1, 0.15) is 19.3 Å². The van der Waals surface area contributed by atoms with Crippen LogP contribution in [0, 0.1) is 20.2 Å². The zero-order valence-electron chi connectivity index (χ0n) is 24.5. The van der Waals surface area contributed by atoms with Crippen molar-refractivity contribution in [1.82, 2.24) is 15.0 Å². The predicted molar refractivity (Wildman–Crippen MR) is 172 cm³/mol. The summed E-state index contributed by atoms with van der Waals surface area (Å²) in [5.74, 6) is 0.426. The molecule has 3 fully saturated rings. The maximum absolute atomic E-state index is 10.7. The lowest BCUT2D eigenvalue weighted by molar-refractivity contribution is -0.386. The van der Waals surface area contributed by atoms with Crippen LogP contribution in [0.3, 0.4) is 0 Å². The third kappa shape index (κ3) is 13.4. The van der Waals surface area contributed by atoms with Gasteiger partial charge in [-0.25, -0.2) is 15.0 Å². The average Bonchev–Trinajstić information content (AvgIpc) is 3.83. The van der Waals surface area contributed by atoms with Gasteiger partial charge >= 0.3 is 11.4 Å². The number of hydrogen-bond donors (Lipinski definition) is 2. The molecule has 0 aromatic carbocycles. The van der Waals surface area contributed by atoms with E-state index in [1.807, 2.05) is 0 Å². The fourth-order valence-corrected chi connectivity index (χ4v) is 4.41. The van der Waals surface area contributed by atoms with E-state index in [1.165, 1.54) is 24.7 Å². The van der Waals surface area contributed by atoms with Crippen molar-refractivity contribution >= 4 is 63.5 Å². The number of aromatic nitrogens is 3. The number of hydrogen-bond acceptors (Lipinski definition) is 14. The fourth-order valence-electron chi connectivity index (χ4n) is 3.77. The summed E-state index contributed by atoms with van der Waals surface area (Å²) < 4.78 is 26.0. The second kappa shape index (κ2) is 19.5. The number of anilines is 1. The number of halogens is 4. The summed E-state index contributed by atoms with van der Waals surface area (Å²) in [5, 5.41) is 30.3. The lowest BCUT2D eigenvalue weighted by Gasteiger charge is -2.12. The minimum atomic E-state index is -0.638. The van der Waals surface area contributed by atoms with Crippen LogP contribution in [0.2, 0.25) is 20.2 Å². The van der Waals surface area contributed by atoms with Crippen molar-refractivity contribution < 1.29 is 38.6 Å². The number of aliphatic hydroxyl groups is 1. The standard InChI is InChI=1S/C9H9ClN2O4.C9H11ClN2O2.C5H2Cl2N2O2.C4H8O2/c10-6-3-8(12(13)14)9(11-4-6)16-7-1-2-15-5-7;10-6-3-8(11)9(12-4-6)14-7-1-2-13-5-7;6-3-1-4(9(10)11)5(7)8-2-3;5-4-1-2-6-3-4/h3-4,7H,1-2,5H2;3-4,7H,1-2,5,11H2;1-2H;4-5H,1-3H2/t2*7-;;4-/m11.1/s1. The molecule has 16 nitrogen and oxygen atoms in total. The molecule has 0 spiro atoms. The molecule has 3 aromatic rings. The number of nitrogen functional groups attached to an aromatic ring is 1. The van der Waals surface area contributed by atoms with Gasteiger partial charge in [0.2, 0.25) is 11.0 Å². The molecule has 6 heterocycles. The van der Waals surface area contributed by atoms with Gasteiger partial charge < -0.3 is 34.5 Å². The van der Waals surface area contributed by atoms with Crippen LogP contribution in [0.15, 0.2) is 36.8 Å². The highest BCUT2D eigenvalue weighted by atomic mass is 35.5. The molecular weight excluding hydrogens is 710 g/mol. The van der Waals surface area contributed by atoms with Gasteiger partial charge in [-0.3, -0.25) is 20.2 Å². The van der Waals surface area contributed by atoms with E-state index in [9.17, 15) is 20.2 Å². The highest BCUT2D eigenvalue weighted by molar-refractivity contribution is 6.33. The van der Waals surface area contributed by atoms with Crippen molar-refractivity contribution in [2.24, 2.45) is 0 Å². The summed E-state index contributed by atoms with van der Waals surface area (Å²) in [6.07, 6.45) is 6.20. The van der Waals surface area contributed by atoms with Gasteiger partial charge in [0, 0.05) is 44.0 Å². The topological polar surface area (TPSA) is 217 Å². The van der Waals surface area contributed by atoms with E-state index in [0.29, 0.717) is 49.4 Å². The molecule has 0 unspecified atom stereocenters. The Bertz CT molecular complexity index is 1480. The van der Waals surface area contributed by atoms with E-state index in [0.717, 1.165) is 32.1 Å². The normalized spacial score (nSPS) is 19.6. The molecule has 256 valence electrons. The van der Waals surface area contributed by atoms with Crippen LogP contribution < -0.4 is 15.2 Å². The number of nitrogens with two attached hydrogens (primary N) is 1. The van der Waals surface area contributed by atoms with Crippen LogP contribution in [-0.2, 0) is 14.2 Å². The summed E-state index contributed by atoms with van der Waals surface area (Å²) in [6.45, 7) is 3.65. The number of pyridine rings is 3. The molecule has 20 heteroatoms. The Morgan fingerprint density at radius 1 is 0.723 bits per heavy atom. The van der Waals surface area contributed by atoms with Crippen LogP contribution >= 0.6 is 46.4 Å². The molecule has 6 rings (SSSR count). The number of nitrogens with zero attached hydrogens (tertiary/aromatic N) is 5. The van der Waals surface area contributed by atoms with Crippen molar-refractivity contribution in [3.8, 4) is 11.8 Å². The minimum absolute atomic E-state index is 0.00935. The molecule has 3 aliphatic rings. The Labute approximate surface area is 288 Å². The molecule has 0 aliphatic carbocycles. The maximum atomic E-state index is 10.7.